The first-order chi connectivity index (χ1) is 16.9. The van der Waals surface area contributed by atoms with Gasteiger partial charge in [-0.25, -0.2) is 13.8 Å². The first-order valence-corrected chi connectivity index (χ1v) is 12.3. The number of pyridine rings is 1. The molecular weight excluding hydrogens is 450 g/mol. The highest BCUT2D eigenvalue weighted by atomic mass is 19.2. The number of nitrogens with one attached hydrogen (secondary N) is 1. The van der Waals surface area contributed by atoms with Crippen LogP contribution in [0, 0.1) is 17.6 Å². The molecule has 0 saturated heterocycles. The van der Waals surface area contributed by atoms with Gasteiger partial charge < -0.3 is 15.0 Å². The Morgan fingerprint density at radius 3 is 2.63 bits per heavy atom. The molecule has 0 bridgehead atoms. The third-order valence-electron chi connectivity index (χ3n) is 8.06. The number of hydrogen-bond donors (Lipinski definition) is 2. The van der Waals surface area contributed by atoms with E-state index in [1.165, 1.54) is 17.7 Å². The number of rotatable bonds is 3. The molecule has 2 aliphatic heterocycles. The van der Waals surface area contributed by atoms with Gasteiger partial charge in [0, 0.05) is 72.9 Å². The van der Waals surface area contributed by atoms with Crippen molar-refractivity contribution in [2.75, 3.05) is 25.0 Å². The summed E-state index contributed by atoms with van der Waals surface area (Å²) in [5, 5.41) is 10.2. The highest BCUT2D eigenvalue weighted by Crippen LogP contribution is 2.44. The second-order valence-corrected chi connectivity index (χ2v) is 10.0. The third kappa shape index (κ3) is 3.71. The van der Waals surface area contributed by atoms with Gasteiger partial charge in [-0.15, -0.1) is 0 Å². The molecule has 1 aliphatic carbocycles. The van der Waals surface area contributed by atoms with E-state index in [9.17, 15) is 18.7 Å². The van der Waals surface area contributed by atoms with E-state index in [4.69, 9.17) is 0 Å². The highest BCUT2D eigenvalue weighted by molar-refractivity contribution is 6.02. The van der Waals surface area contributed by atoms with Crippen molar-refractivity contribution in [3.63, 3.8) is 0 Å². The van der Waals surface area contributed by atoms with Gasteiger partial charge in [-0.1, -0.05) is 6.08 Å². The van der Waals surface area contributed by atoms with E-state index in [0.29, 0.717) is 23.8 Å². The summed E-state index contributed by atoms with van der Waals surface area (Å²) in [4.78, 5) is 23.8. The van der Waals surface area contributed by atoms with Crippen LogP contribution in [0.25, 0.3) is 27.7 Å². The molecule has 1 saturated carbocycles. The maximum Gasteiger partial charge on any atom is 0.306 e. The fourth-order valence-corrected chi connectivity index (χ4v) is 6.16. The van der Waals surface area contributed by atoms with Crippen LogP contribution in [0.5, 0.6) is 0 Å². The minimum absolute atomic E-state index is 0.199. The summed E-state index contributed by atoms with van der Waals surface area (Å²) in [6.07, 6.45) is 8.23. The Kier molecular flexibility index (Phi) is 5.36. The summed E-state index contributed by atoms with van der Waals surface area (Å²) in [6, 6.07) is 4.88. The molecule has 1 fully saturated rings. The molecule has 6 rings (SSSR count). The average molecular weight is 479 g/mol. The van der Waals surface area contributed by atoms with E-state index in [1.54, 1.807) is 6.20 Å². The molecule has 0 unspecified atom stereocenters. The molecule has 0 atom stereocenters. The fourth-order valence-electron chi connectivity index (χ4n) is 6.16. The molecule has 0 spiro atoms. The monoisotopic (exact) mass is 478 g/mol. The molecule has 2 N–H and O–H groups in total. The zero-order valence-electron chi connectivity index (χ0n) is 19.7. The number of aromatic nitrogens is 2. The van der Waals surface area contributed by atoms with Crippen LogP contribution in [0.15, 0.2) is 30.5 Å². The van der Waals surface area contributed by atoms with Gasteiger partial charge in [0.15, 0.2) is 11.6 Å². The lowest BCUT2D eigenvalue weighted by Crippen LogP contribution is -2.41. The van der Waals surface area contributed by atoms with Crippen LogP contribution in [-0.4, -0.2) is 52.1 Å². The van der Waals surface area contributed by atoms with Crippen LogP contribution >= 0.6 is 0 Å². The normalized spacial score (nSPS) is 22.6. The summed E-state index contributed by atoms with van der Waals surface area (Å²) >= 11 is 0. The average Bonchev–Trinajstić information content (AvgIpc) is 3.18. The summed E-state index contributed by atoms with van der Waals surface area (Å²) in [6.45, 7) is 2.32. The molecular formula is C27H28F2N4O2. The number of halogens is 2. The van der Waals surface area contributed by atoms with Crippen LogP contribution in [0.1, 0.15) is 43.4 Å². The zero-order valence-corrected chi connectivity index (χ0v) is 19.7. The number of anilines is 1. The van der Waals surface area contributed by atoms with E-state index in [-0.39, 0.29) is 5.92 Å². The van der Waals surface area contributed by atoms with Gasteiger partial charge in [0.2, 0.25) is 0 Å². The number of carboxylic acids is 1. The number of H-pyrrole nitrogens is 1. The molecule has 182 valence electrons. The minimum Gasteiger partial charge on any atom is -0.481 e. The van der Waals surface area contributed by atoms with E-state index < -0.39 is 17.6 Å². The van der Waals surface area contributed by atoms with E-state index >= 15 is 0 Å². The Morgan fingerprint density at radius 2 is 1.91 bits per heavy atom. The van der Waals surface area contributed by atoms with E-state index in [1.807, 2.05) is 18.0 Å². The van der Waals surface area contributed by atoms with Crippen molar-refractivity contribution >= 4 is 28.3 Å². The van der Waals surface area contributed by atoms with E-state index in [0.717, 1.165) is 73.0 Å². The maximum atomic E-state index is 14.2. The Bertz CT molecular complexity index is 1360. The number of benzene rings is 1. The van der Waals surface area contributed by atoms with Crippen molar-refractivity contribution in [3.05, 3.63) is 53.4 Å². The first kappa shape index (κ1) is 22.2. The molecule has 6 nitrogen and oxygen atoms in total. The van der Waals surface area contributed by atoms with Crippen LogP contribution in [-0.2, 0) is 11.3 Å². The molecule has 3 aromatic rings. The van der Waals surface area contributed by atoms with Gasteiger partial charge in [0.1, 0.15) is 5.65 Å². The Hall–Kier alpha value is -3.26. The lowest BCUT2D eigenvalue weighted by Gasteiger charge is -2.37. The Balaban J connectivity index is 1.32. The molecule has 4 heterocycles. The van der Waals surface area contributed by atoms with Crippen molar-refractivity contribution in [2.24, 2.45) is 5.92 Å². The summed E-state index contributed by atoms with van der Waals surface area (Å²) in [5.41, 5.74) is 6.34. The fraction of sp³-hybridized carbons (Fsp3) is 0.407. The summed E-state index contributed by atoms with van der Waals surface area (Å²) < 4.78 is 28.3. The lowest BCUT2D eigenvalue weighted by molar-refractivity contribution is -0.143. The quantitative estimate of drug-likeness (QED) is 0.542. The third-order valence-corrected chi connectivity index (χ3v) is 8.06. The van der Waals surface area contributed by atoms with Crippen LogP contribution in [0.3, 0.4) is 0 Å². The maximum absolute atomic E-state index is 14.2. The number of carbonyl (C=O) groups is 1. The van der Waals surface area contributed by atoms with Crippen molar-refractivity contribution in [3.8, 4) is 11.1 Å². The predicted molar refractivity (Wildman–Crippen MR) is 131 cm³/mol. The van der Waals surface area contributed by atoms with E-state index in [2.05, 4.69) is 20.9 Å². The minimum atomic E-state index is -0.853. The van der Waals surface area contributed by atoms with Crippen molar-refractivity contribution < 1.29 is 18.7 Å². The number of nitrogens with zero attached hydrogens (tertiary/aromatic N) is 3. The van der Waals surface area contributed by atoms with Gasteiger partial charge in [-0.3, -0.25) is 9.69 Å². The Morgan fingerprint density at radius 1 is 1.14 bits per heavy atom. The van der Waals surface area contributed by atoms with Gasteiger partial charge in [0.05, 0.1) is 5.92 Å². The molecule has 0 amide bonds. The number of carboxylic acid groups (broad SMARTS) is 1. The number of fused-ring (bicyclic) bond motifs is 2. The predicted octanol–water partition coefficient (Wildman–Crippen LogP) is 5.19. The molecule has 8 heteroatoms. The van der Waals surface area contributed by atoms with Gasteiger partial charge in [-0.05, 0) is 55.4 Å². The second kappa shape index (κ2) is 8.45. The molecule has 3 aliphatic rings. The molecule has 0 radical (unpaired) electrons. The van der Waals surface area contributed by atoms with Crippen molar-refractivity contribution in [2.45, 2.75) is 44.7 Å². The molecule has 2 aromatic heterocycles. The SMILES string of the molecule is CN1Cc2c(C3=CCN([C@H]4CC[C@H](C(=O)O)CC4)CC3)[nH]c3nccc(c23)-c2cc(F)c(F)cc21. The first-order valence-electron chi connectivity index (χ1n) is 12.3. The van der Waals surface area contributed by atoms with Gasteiger partial charge in [-0.2, -0.15) is 0 Å². The molecule has 1 aromatic carbocycles. The topological polar surface area (TPSA) is 72.5 Å². The largest absolute Gasteiger partial charge is 0.481 e. The van der Waals surface area contributed by atoms with Crippen molar-refractivity contribution in [1.82, 2.24) is 14.9 Å². The Labute approximate surface area is 202 Å². The van der Waals surface area contributed by atoms with Crippen molar-refractivity contribution in [1.29, 1.82) is 0 Å². The number of hydrogen-bond acceptors (Lipinski definition) is 4. The zero-order chi connectivity index (χ0) is 24.3. The van der Waals surface area contributed by atoms with Gasteiger partial charge in [0.25, 0.3) is 0 Å². The second-order valence-electron chi connectivity index (χ2n) is 10.0. The number of aromatic amines is 1. The number of aliphatic carboxylic acids is 1. The summed E-state index contributed by atoms with van der Waals surface area (Å²) in [7, 11) is 1.91. The summed E-state index contributed by atoms with van der Waals surface area (Å²) in [5.74, 6) is -2.57. The van der Waals surface area contributed by atoms with Gasteiger partial charge >= 0.3 is 5.97 Å². The molecule has 35 heavy (non-hydrogen) atoms. The highest BCUT2D eigenvalue weighted by Gasteiger charge is 2.31. The van der Waals surface area contributed by atoms with Crippen LogP contribution in [0.4, 0.5) is 14.5 Å². The standard InChI is InChI=1S/C27H28F2N4O2/c1-32-14-20-24-18(19-12-21(28)22(29)13-23(19)32)6-9-30-26(24)31-25(20)15-7-10-33(11-8-15)17-4-2-16(3-5-17)27(34)35/h6-7,9,12-13,16-17H,2-5,8,10-11,14H2,1H3,(H,30,31)(H,34,35)/t16-,17-. The van der Waals surface area contributed by atoms with Crippen LogP contribution in [0.2, 0.25) is 0 Å². The van der Waals surface area contributed by atoms with Crippen LogP contribution < -0.4 is 4.90 Å². The lowest BCUT2D eigenvalue weighted by atomic mass is 9.84. The smallest absolute Gasteiger partial charge is 0.306 e.